The van der Waals surface area contributed by atoms with E-state index < -0.39 is 0 Å². The molecule has 1 saturated carbocycles. The smallest absolute Gasteiger partial charge is 0.0403 e. The fraction of sp³-hybridized carbons (Fsp3) is 0.643. The fourth-order valence-electron chi connectivity index (χ4n) is 1.84. The van der Waals surface area contributed by atoms with Gasteiger partial charge in [0.2, 0.25) is 0 Å². The predicted octanol–water partition coefficient (Wildman–Crippen LogP) is 2.72. The number of hydrogen-bond donors (Lipinski definition) is 1. The van der Waals surface area contributed by atoms with E-state index in [0.29, 0.717) is 0 Å². The maximum atomic E-state index is 4.47. The van der Waals surface area contributed by atoms with Crippen LogP contribution in [0.15, 0.2) is 18.3 Å². The van der Waals surface area contributed by atoms with Crippen LogP contribution in [0.3, 0.4) is 0 Å². The van der Waals surface area contributed by atoms with Gasteiger partial charge in [-0.2, -0.15) is 0 Å². The molecule has 0 amide bonds. The van der Waals surface area contributed by atoms with E-state index in [-0.39, 0.29) is 0 Å². The fourth-order valence-corrected chi connectivity index (χ4v) is 1.84. The summed E-state index contributed by atoms with van der Waals surface area (Å²) in [4.78, 5) is 4.47. The molecule has 1 fully saturated rings. The zero-order chi connectivity index (χ0) is 11.2. The lowest BCUT2D eigenvalue weighted by Crippen LogP contribution is -2.17. The van der Waals surface area contributed by atoms with Crippen LogP contribution in [0.4, 0.5) is 0 Å². The van der Waals surface area contributed by atoms with Gasteiger partial charge in [-0.3, -0.25) is 4.98 Å². The van der Waals surface area contributed by atoms with Crippen molar-refractivity contribution >= 4 is 0 Å². The van der Waals surface area contributed by atoms with Crippen LogP contribution in [0.5, 0.6) is 0 Å². The molecule has 1 N–H and O–H groups in total. The summed E-state index contributed by atoms with van der Waals surface area (Å²) >= 11 is 0. The van der Waals surface area contributed by atoms with Crippen LogP contribution in [0.25, 0.3) is 0 Å². The molecule has 0 saturated heterocycles. The van der Waals surface area contributed by atoms with Crippen molar-refractivity contribution in [3.63, 3.8) is 0 Å². The van der Waals surface area contributed by atoms with Crippen LogP contribution in [-0.4, -0.2) is 17.6 Å². The molecule has 1 aliphatic carbocycles. The molecular formula is C14H22N2. The zero-order valence-electron chi connectivity index (χ0n) is 10.2. The molecule has 0 spiro atoms. The number of aryl methyl sites for hydroxylation is 2. The predicted molar refractivity (Wildman–Crippen MR) is 67.6 cm³/mol. The van der Waals surface area contributed by atoms with Crippen LogP contribution in [0.1, 0.15) is 43.9 Å². The highest BCUT2D eigenvalue weighted by atomic mass is 14.9. The van der Waals surface area contributed by atoms with Gasteiger partial charge in [-0.1, -0.05) is 13.0 Å². The Morgan fingerprint density at radius 3 is 2.81 bits per heavy atom. The first-order valence-electron chi connectivity index (χ1n) is 6.55. The van der Waals surface area contributed by atoms with Crippen molar-refractivity contribution in [1.82, 2.24) is 10.3 Å². The quantitative estimate of drug-likeness (QED) is 0.712. The molecule has 1 aromatic heterocycles. The van der Waals surface area contributed by atoms with E-state index in [9.17, 15) is 0 Å². The van der Waals surface area contributed by atoms with Crippen molar-refractivity contribution in [2.24, 2.45) is 0 Å². The number of nitrogens with zero attached hydrogens (tertiary/aromatic N) is 1. The first-order chi connectivity index (χ1) is 7.88. The molecule has 2 rings (SSSR count). The van der Waals surface area contributed by atoms with Crippen molar-refractivity contribution in [1.29, 1.82) is 0 Å². The van der Waals surface area contributed by atoms with Gasteiger partial charge in [-0.15, -0.1) is 0 Å². The van der Waals surface area contributed by atoms with Gasteiger partial charge < -0.3 is 5.32 Å². The molecule has 1 heterocycles. The van der Waals surface area contributed by atoms with Gasteiger partial charge in [0, 0.05) is 17.9 Å². The molecule has 0 aromatic carbocycles. The molecular weight excluding hydrogens is 196 g/mol. The Labute approximate surface area is 98.5 Å². The van der Waals surface area contributed by atoms with Gasteiger partial charge in [0.25, 0.3) is 0 Å². The minimum Gasteiger partial charge on any atom is -0.314 e. The van der Waals surface area contributed by atoms with Gasteiger partial charge in [-0.25, -0.2) is 0 Å². The van der Waals surface area contributed by atoms with E-state index in [1.807, 2.05) is 6.20 Å². The molecule has 1 aromatic rings. The molecule has 2 heteroatoms. The monoisotopic (exact) mass is 218 g/mol. The molecule has 16 heavy (non-hydrogen) atoms. The maximum Gasteiger partial charge on any atom is 0.0403 e. The third-order valence-electron chi connectivity index (χ3n) is 3.16. The van der Waals surface area contributed by atoms with Crippen LogP contribution in [0.2, 0.25) is 0 Å². The second-order valence-corrected chi connectivity index (χ2v) is 4.70. The van der Waals surface area contributed by atoms with Gasteiger partial charge in [0.1, 0.15) is 0 Å². The molecule has 2 nitrogen and oxygen atoms in total. The summed E-state index contributed by atoms with van der Waals surface area (Å²) in [7, 11) is 0. The minimum absolute atomic E-state index is 0.849. The molecule has 0 aliphatic heterocycles. The van der Waals surface area contributed by atoms with Crippen molar-refractivity contribution in [2.75, 3.05) is 6.54 Å². The Balaban J connectivity index is 1.60. The number of aromatic nitrogens is 1. The lowest BCUT2D eigenvalue weighted by atomic mass is 10.1. The standard InChI is InChI=1S/C14H22N2/c1-2-12-6-7-13(16-11-12)5-3-4-10-15-14-8-9-14/h6-7,11,14-15H,2-5,8-10H2,1H3. The third kappa shape index (κ3) is 3.93. The second-order valence-electron chi connectivity index (χ2n) is 4.70. The average molecular weight is 218 g/mol. The summed E-state index contributed by atoms with van der Waals surface area (Å²) in [6, 6.07) is 5.22. The Morgan fingerprint density at radius 2 is 2.19 bits per heavy atom. The third-order valence-corrected chi connectivity index (χ3v) is 3.16. The van der Waals surface area contributed by atoms with Crippen LogP contribution in [-0.2, 0) is 12.8 Å². The van der Waals surface area contributed by atoms with Crippen molar-refractivity contribution in [3.8, 4) is 0 Å². The Kier molecular flexibility index (Phi) is 4.34. The molecule has 0 bridgehead atoms. The Bertz CT molecular complexity index is 301. The Hall–Kier alpha value is -0.890. The van der Waals surface area contributed by atoms with Gasteiger partial charge in [0.05, 0.1) is 0 Å². The summed E-state index contributed by atoms with van der Waals surface area (Å²) in [6.07, 6.45) is 9.51. The normalized spacial score (nSPS) is 15.3. The lowest BCUT2D eigenvalue weighted by Gasteiger charge is -2.03. The SMILES string of the molecule is CCc1ccc(CCCCNC2CC2)nc1. The molecule has 88 valence electrons. The minimum atomic E-state index is 0.849. The highest BCUT2D eigenvalue weighted by molar-refractivity contribution is 5.13. The van der Waals surface area contributed by atoms with Gasteiger partial charge in [0.15, 0.2) is 0 Å². The summed E-state index contributed by atoms with van der Waals surface area (Å²) in [6.45, 7) is 3.35. The molecule has 0 radical (unpaired) electrons. The molecule has 1 aliphatic rings. The van der Waals surface area contributed by atoms with Crippen molar-refractivity contribution in [3.05, 3.63) is 29.6 Å². The average Bonchev–Trinajstić information content (AvgIpc) is 3.13. The van der Waals surface area contributed by atoms with E-state index in [1.54, 1.807) is 0 Å². The van der Waals surface area contributed by atoms with Crippen molar-refractivity contribution < 1.29 is 0 Å². The van der Waals surface area contributed by atoms with Crippen LogP contribution in [0, 0.1) is 0 Å². The summed E-state index contributed by atoms with van der Waals surface area (Å²) in [5.41, 5.74) is 2.57. The number of pyridine rings is 1. The number of nitrogens with one attached hydrogen (secondary N) is 1. The zero-order valence-corrected chi connectivity index (χ0v) is 10.2. The first kappa shape index (κ1) is 11.6. The largest absolute Gasteiger partial charge is 0.314 e. The molecule has 0 unspecified atom stereocenters. The first-order valence-corrected chi connectivity index (χ1v) is 6.55. The summed E-state index contributed by atoms with van der Waals surface area (Å²) in [5.74, 6) is 0. The van der Waals surface area contributed by atoms with E-state index in [0.717, 1.165) is 18.9 Å². The Morgan fingerprint density at radius 1 is 1.31 bits per heavy atom. The van der Waals surface area contributed by atoms with Gasteiger partial charge in [-0.05, 0) is 56.7 Å². The van der Waals surface area contributed by atoms with Gasteiger partial charge >= 0.3 is 0 Å². The van der Waals surface area contributed by atoms with Crippen LogP contribution < -0.4 is 5.32 Å². The maximum absolute atomic E-state index is 4.47. The molecule has 0 atom stereocenters. The van der Waals surface area contributed by atoms with E-state index >= 15 is 0 Å². The van der Waals surface area contributed by atoms with E-state index in [1.165, 1.54) is 43.5 Å². The highest BCUT2D eigenvalue weighted by Gasteiger charge is 2.19. The number of hydrogen-bond acceptors (Lipinski definition) is 2. The summed E-state index contributed by atoms with van der Waals surface area (Å²) < 4.78 is 0. The number of unbranched alkanes of at least 4 members (excludes halogenated alkanes) is 1. The lowest BCUT2D eigenvalue weighted by molar-refractivity contribution is 0.616. The van der Waals surface area contributed by atoms with Crippen molar-refractivity contribution in [2.45, 2.75) is 51.5 Å². The highest BCUT2D eigenvalue weighted by Crippen LogP contribution is 2.18. The topological polar surface area (TPSA) is 24.9 Å². The number of rotatable bonds is 7. The van der Waals surface area contributed by atoms with Crippen LogP contribution >= 0.6 is 0 Å². The van der Waals surface area contributed by atoms with E-state index in [4.69, 9.17) is 0 Å². The second kappa shape index (κ2) is 6.00. The van der Waals surface area contributed by atoms with E-state index in [2.05, 4.69) is 29.4 Å². The summed E-state index contributed by atoms with van der Waals surface area (Å²) in [5, 5.41) is 3.54.